The predicted molar refractivity (Wildman–Crippen MR) is 141 cm³/mol. The summed E-state index contributed by atoms with van der Waals surface area (Å²) in [5.41, 5.74) is 6.32. The number of amides is 1. The van der Waals surface area contributed by atoms with Gasteiger partial charge in [-0.2, -0.15) is 0 Å². The number of pyridine rings is 1. The van der Waals surface area contributed by atoms with Crippen LogP contribution >= 0.6 is 11.6 Å². The first kappa shape index (κ1) is 23.0. The van der Waals surface area contributed by atoms with Crippen molar-refractivity contribution in [2.24, 2.45) is 0 Å². The largest absolute Gasteiger partial charge is 0.493 e. The van der Waals surface area contributed by atoms with E-state index in [4.69, 9.17) is 26.1 Å². The molecule has 1 heterocycles. The second-order valence-electron chi connectivity index (χ2n) is 8.51. The number of nitrogens with one attached hydrogen (secondary N) is 2. The number of aryl methyl sites for hydroxylation is 1. The molecule has 0 radical (unpaired) electrons. The zero-order valence-corrected chi connectivity index (χ0v) is 20.4. The van der Waals surface area contributed by atoms with E-state index in [9.17, 15) is 4.79 Å². The molecule has 0 spiro atoms. The molecule has 7 heteroatoms. The van der Waals surface area contributed by atoms with Gasteiger partial charge in [-0.1, -0.05) is 17.7 Å². The van der Waals surface area contributed by atoms with Crippen molar-refractivity contribution in [1.29, 1.82) is 0 Å². The Hall–Kier alpha value is -3.77. The van der Waals surface area contributed by atoms with Crippen LogP contribution in [0.5, 0.6) is 11.5 Å². The number of carbonyl (C=O) groups is 1. The van der Waals surface area contributed by atoms with Gasteiger partial charge < -0.3 is 20.1 Å². The van der Waals surface area contributed by atoms with Crippen LogP contribution in [0.15, 0.2) is 60.7 Å². The molecule has 4 aromatic rings. The van der Waals surface area contributed by atoms with Crippen molar-refractivity contribution in [3.05, 3.63) is 82.5 Å². The van der Waals surface area contributed by atoms with Crippen molar-refractivity contribution >= 4 is 45.5 Å². The minimum Gasteiger partial charge on any atom is -0.493 e. The first-order valence-electron chi connectivity index (χ1n) is 11.6. The quantitative estimate of drug-likeness (QED) is 0.313. The number of ether oxygens (including phenoxy) is 2. The van der Waals surface area contributed by atoms with Crippen LogP contribution in [0.1, 0.15) is 34.5 Å². The summed E-state index contributed by atoms with van der Waals surface area (Å²) >= 11 is 6.06. The van der Waals surface area contributed by atoms with Crippen LogP contribution in [-0.2, 0) is 12.8 Å². The number of rotatable bonds is 6. The van der Waals surface area contributed by atoms with Crippen molar-refractivity contribution in [2.75, 3.05) is 24.9 Å². The minimum absolute atomic E-state index is 0.216. The molecule has 0 fully saturated rings. The summed E-state index contributed by atoms with van der Waals surface area (Å²) in [4.78, 5) is 17.8. The number of fused-ring (bicyclic) bond motifs is 2. The molecule has 5 rings (SSSR count). The minimum atomic E-state index is -0.216. The molecule has 178 valence electrons. The van der Waals surface area contributed by atoms with E-state index < -0.39 is 0 Å². The monoisotopic (exact) mass is 487 g/mol. The van der Waals surface area contributed by atoms with Crippen LogP contribution in [-0.4, -0.2) is 25.1 Å². The second-order valence-corrected chi connectivity index (χ2v) is 8.95. The van der Waals surface area contributed by atoms with Crippen molar-refractivity contribution in [2.45, 2.75) is 25.7 Å². The maximum atomic E-state index is 12.8. The lowest BCUT2D eigenvalue weighted by Crippen LogP contribution is -2.12. The Labute approximate surface area is 209 Å². The molecule has 1 aliphatic rings. The molecule has 0 aliphatic heterocycles. The molecule has 0 atom stereocenters. The maximum absolute atomic E-state index is 12.8. The summed E-state index contributed by atoms with van der Waals surface area (Å²) in [6.45, 7) is 0. The summed E-state index contributed by atoms with van der Waals surface area (Å²) in [7, 11) is 3.25. The number of methoxy groups -OCH3 is 2. The molecule has 0 unspecified atom stereocenters. The Balaban J connectivity index is 1.56. The van der Waals surface area contributed by atoms with Gasteiger partial charge in [0, 0.05) is 39.1 Å². The molecule has 0 bridgehead atoms. The Bertz CT molecular complexity index is 1420. The van der Waals surface area contributed by atoms with Gasteiger partial charge in [0.25, 0.3) is 5.91 Å². The maximum Gasteiger partial charge on any atom is 0.255 e. The van der Waals surface area contributed by atoms with Gasteiger partial charge in [-0.3, -0.25) is 9.78 Å². The Morgan fingerprint density at radius 1 is 0.914 bits per heavy atom. The third kappa shape index (κ3) is 4.75. The van der Waals surface area contributed by atoms with Gasteiger partial charge >= 0.3 is 0 Å². The van der Waals surface area contributed by atoms with Crippen LogP contribution in [0.2, 0.25) is 5.02 Å². The van der Waals surface area contributed by atoms with Gasteiger partial charge in [0.05, 0.1) is 25.4 Å². The standard InChI is InChI=1S/C28H26ClN3O3/c1-34-25-13-11-20(16-26(25)35-2)30-27-21-8-3-4-9-23(21)32-24-12-10-19(15-22(24)27)31-28(33)17-6-5-7-18(29)14-17/h5-7,10-16H,3-4,8-9H2,1-2H3,(H,30,32)(H,31,33). The Kier molecular flexibility index (Phi) is 6.47. The van der Waals surface area contributed by atoms with Crippen LogP contribution in [0, 0.1) is 0 Å². The molecule has 3 aromatic carbocycles. The first-order chi connectivity index (χ1) is 17.1. The van der Waals surface area contributed by atoms with E-state index in [-0.39, 0.29) is 5.91 Å². The highest BCUT2D eigenvalue weighted by Gasteiger charge is 2.20. The number of carbonyl (C=O) groups excluding carboxylic acids is 1. The lowest BCUT2D eigenvalue weighted by molar-refractivity contribution is 0.102. The van der Waals surface area contributed by atoms with Gasteiger partial charge in [0.2, 0.25) is 0 Å². The van der Waals surface area contributed by atoms with Crippen molar-refractivity contribution in [3.63, 3.8) is 0 Å². The first-order valence-corrected chi connectivity index (χ1v) is 11.9. The Morgan fingerprint density at radius 2 is 1.71 bits per heavy atom. The molecular formula is C28H26ClN3O3. The predicted octanol–water partition coefficient (Wildman–Crippen LogP) is 6.78. The number of hydrogen-bond donors (Lipinski definition) is 2. The molecular weight excluding hydrogens is 462 g/mol. The van der Waals surface area contributed by atoms with Crippen LogP contribution in [0.4, 0.5) is 17.1 Å². The highest BCUT2D eigenvalue weighted by molar-refractivity contribution is 6.31. The van der Waals surface area contributed by atoms with Gasteiger partial charge in [0.15, 0.2) is 11.5 Å². The van der Waals surface area contributed by atoms with Crippen LogP contribution in [0.25, 0.3) is 10.9 Å². The molecule has 1 aliphatic carbocycles. The lowest BCUT2D eigenvalue weighted by atomic mass is 9.92. The van der Waals surface area contributed by atoms with E-state index in [1.807, 2.05) is 36.4 Å². The fraction of sp³-hybridized carbons (Fsp3) is 0.214. The lowest BCUT2D eigenvalue weighted by Gasteiger charge is -2.22. The fourth-order valence-corrected chi connectivity index (χ4v) is 4.73. The van der Waals surface area contributed by atoms with Crippen molar-refractivity contribution < 1.29 is 14.3 Å². The zero-order chi connectivity index (χ0) is 24.4. The fourth-order valence-electron chi connectivity index (χ4n) is 4.54. The average molecular weight is 488 g/mol. The molecule has 1 amide bonds. The Morgan fingerprint density at radius 3 is 2.51 bits per heavy atom. The number of hydrogen-bond acceptors (Lipinski definition) is 5. The number of halogens is 1. The smallest absolute Gasteiger partial charge is 0.255 e. The molecule has 1 aromatic heterocycles. The second kappa shape index (κ2) is 9.84. The summed E-state index contributed by atoms with van der Waals surface area (Å²) in [6.07, 6.45) is 4.16. The van der Waals surface area contributed by atoms with Crippen molar-refractivity contribution in [3.8, 4) is 11.5 Å². The summed E-state index contributed by atoms with van der Waals surface area (Å²) in [6, 6.07) is 18.5. The van der Waals surface area contributed by atoms with E-state index in [1.54, 1.807) is 38.5 Å². The van der Waals surface area contributed by atoms with E-state index in [0.717, 1.165) is 53.7 Å². The SMILES string of the molecule is COc1ccc(Nc2c3c(nc4ccc(NC(=O)c5cccc(Cl)c5)cc24)CCCC3)cc1OC. The summed E-state index contributed by atoms with van der Waals surface area (Å²) in [5.74, 6) is 1.11. The third-order valence-corrected chi connectivity index (χ3v) is 6.49. The van der Waals surface area contributed by atoms with E-state index in [0.29, 0.717) is 27.8 Å². The number of anilines is 3. The number of nitrogens with zero attached hydrogens (tertiary/aromatic N) is 1. The molecule has 0 saturated carbocycles. The highest BCUT2D eigenvalue weighted by Crippen LogP contribution is 2.38. The average Bonchev–Trinajstić information content (AvgIpc) is 2.88. The zero-order valence-electron chi connectivity index (χ0n) is 19.7. The summed E-state index contributed by atoms with van der Waals surface area (Å²) < 4.78 is 10.9. The molecule has 6 nitrogen and oxygen atoms in total. The van der Waals surface area contributed by atoms with Crippen LogP contribution in [0.3, 0.4) is 0 Å². The van der Waals surface area contributed by atoms with Gasteiger partial charge in [-0.05, 0) is 79.8 Å². The normalized spacial score (nSPS) is 12.7. The number of aromatic nitrogens is 1. The van der Waals surface area contributed by atoms with Gasteiger partial charge in [0.1, 0.15) is 0 Å². The van der Waals surface area contributed by atoms with Crippen molar-refractivity contribution in [1.82, 2.24) is 4.98 Å². The van der Waals surface area contributed by atoms with Crippen LogP contribution < -0.4 is 20.1 Å². The van der Waals surface area contributed by atoms with Gasteiger partial charge in [-0.15, -0.1) is 0 Å². The van der Waals surface area contributed by atoms with E-state index >= 15 is 0 Å². The van der Waals surface area contributed by atoms with Gasteiger partial charge in [-0.25, -0.2) is 0 Å². The molecule has 35 heavy (non-hydrogen) atoms. The third-order valence-electron chi connectivity index (χ3n) is 6.26. The highest BCUT2D eigenvalue weighted by atomic mass is 35.5. The number of benzene rings is 3. The summed E-state index contributed by atoms with van der Waals surface area (Å²) in [5, 5.41) is 8.08. The molecule has 2 N–H and O–H groups in total. The topological polar surface area (TPSA) is 72.5 Å². The molecule has 0 saturated heterocycles. The van der Waals surface area contributed by atoms with E-state index in [2.05, 4.69) is 10.6 Å². The van der Waals surface area contributed by atoms with E-state index in [1.165, 1.54) is 5.56 Å².